The summed E-state index contributed by atoms with van der Waals surface area (Å²) in [6.07, 6.45) is 4.98. The highest BCUT2D eigenvalue weighted by Gasteiger charge is 2.13. The predicted molar refractivity (Wildman–Crippen MR) is 79.7 cm³/mol. The molecule has 0 heterocycles. The zero-order chi connectivity index (χ0) is 12.7. The van der Waals surface area contributed by atoms with Crippen molar-refractivity contribution in [2.45, 2.75) is 45.6 Å². The fraction of sp³-hybridized carbons (Fsp3) is 0.571. The molecule has 1 N–H and O–H groups in total. The van der Waals surface area contributed by atoms with Crippen LogP contribution in [-0.2, 0) is 0 Å². The van der Waals surface area contributed by atoms with Gasteiger partial charge in [-0.2, -0.15) is 0 Å². The number of rotatable bonds is 7. The minimum Gasteiger partial charge on any atom is -0.310 e. The van der Waals surface area contributed by atoms with Crippen LogP contribution in [0, 0.1) is 0 Å². The summed E-state index contributed by atoms with van der Waals surface area (Å²) >= 11 is 9.69. The lowest BCUT2D eigenvalue weighted by Gasteiger charge is -2.20. The fourth-order valence-corrected chi connectivity index (χ4v) is 2.70. The SMILES string of the molecule is CCCCCC(NCC)c1cc(Cl)ccc1Br. The van der Waals surface area contributed by atoms with Crippen molar-refractivity contribution in [3.63, 3.8) is 0 Å². The lowest BCUT2D eigenvalue weighted by Crippen LogP contribution is -2.21. The van der Waals surface area contributed by atoms with E-state index >= 15 is 0 Å². The minimum atomic E-state index is 0.402. The van der Waals surface area contributed by atoms with E-state index in [1.807, 2.05) is 12.1 Å². The average molecular weight is 319 g/mol. The van der Waals surface area contributed by atoms with Crippen LogP contribution in [-0.4, -0.2) is 6.54 Å². The summed E-state index contributed by atoms with van der Waals surface area (Å²) in [5.41, 5.74) is 1.27. The van der Waals surface area contributed by atoms with Gasteiger partial charge in [-0.1, -0.05) is 60.6 Å². The highest BCUT2D eigenvalue weighted by atomic mass is 79.9. The zero-order valence-corrected chi connectivity index (χ0v) is 12.9. The number of halogens is 2. The molecule has 0 aliphatic rings. The van der Waals surface area contributed by atoms with Gasteiger partial charge in [-0.3, -0.25) is 0 Å². The summed E-state index contributed by atoms with van der Waals surface area (Å²) in [5, 5.41) is 4.34. The second-order valence-electron chi connectivity index (χ2n) is 4.27. The van der Waals surface area contributed by atoms with E-state index in [1.54, 1.807) is 0 Å². The van der Waals surface area contributed by atoms with Crippen LogP contribution in [0.25, 0.3) is 0 Å². The van der Waals surface area contributed by atoms with Crippen molar-refractivity contribution in [3.05, 3.63) is 33.3 Å². The molecule has 0 aliphatic heterocycles. The van der Waals surface area contributed by atoms with Crippen LogP contribution < -0.4 is 5.32 Å². The molecule has 96 valence electrons. The topological polar surface area (TPSA) is 12.0 Å². The summed E-state index contributed by atoms with van der Waals surface area (Å²) in [4.78, 5) is 0. The van der Waals surface area contributed by atoms with Gasteiger partial charge in [0.05, 0.1) is 0 Å². The van der Waals surface area contributed by atoms with Crippen molar-refractivity contribution >= 4 is 27.5 Å². The Morgan fingerprint density at radius 1 is 1.29 bits per heavy atom. The Morgan fingerprint density at radius 3 is 2.71 bits per heavy atom. The van der Waals surface area contributed by atoms with Gasteiger partial charge in [0.25, 0.3) is 0 Å². The number of benzene rings is 1. The molecule has 0 bridgehead atoms. The third kappa shape index (κ3) is 4.99. The maximum atomic E-state index is 6.07. The van der Waals surface area contributed by atoms with E-state index in [0.717, 1.165) is 16.0 Å². The molecular weight excluding hydrogens is 298 g/mol. The molecule has 1 aromatic rings. The Labute approximate surface area is 118 Å². The smallest absolute Gasteiger partial charge is 0.0410 e. The molecule has 3 heteroatoms. The Bertz CT molecular complexity index is 341. The van der Waals surface area contributed by atoms with Gasteiger partial charge in [0.15, 0.2) is 0 Å². The molecule has 1 aromatic carbocycles. The molecule has 0 saturated heterocycles. The van der Waals surface area contributed by atoms with Gasteiger partial charge in [0.1, 0.15) is 0 Å². The lowest BCUT2D eigenvalue weighted by atomic mass is 10.0. The second-order valence-corrected chi connectivity index (χ2v) is 5.56. The van der Waals surface area contributed by atoms with Crippen LogP contribution in [0.5, 0.6) is 0 Å². The molecule has 0 fully saturated rings. The molecule has 0 radical (unpaired) electrons. The van der Waals surface area contributed by atoms with Gasteiger partial charge in [0.2, 0.25) is 0 Å². The summed E-state index contributed by atoms with van der Waals surface area (Å²) < 4.78 is 1.14. The Balaban J connectivity index is 2.77. The van der Waals surface area contributed by atoms with Crippen molar-refractivity contribution in [2.75, 3.05) is 6.54 Å². The Morgan fingerprint density at radius 2 is 2.06 bits per heavy atom. The van der Waals surface area contributed by atoms with E-state index in [4.69, 9.17) is 11.6 Å². The van der Waals surface area contributed by atoms with Crippen molar-refractivity contribution in [1.29, 1.82) is 0 Å². The van der Waals surface area contributed by atoms with Gasteiger partial charge in [-0.25, -0.2) is 0 Å². The molecule has 0 spiro atoms. The first-order chi connectivity index (χ1) is 8.19. The highest BCUT2D eigenvalue weighted by molar-refractivity contribution is 9.10. The molecule has 0 aliphatic carbocycles. The monoisotopic (exact) mass is 317 g/mol. The lowest BCUT2D eigenvalue weighted by molar-refractivity contribution is 0.485. The van der Waals surface area contributed by atoms with Gasteiger partial charge >= 0.3 is 0 Å². The number of nitrogens with one attached hydrogen (secondary N) is 1. The molecule has 1 unspecified atom stereocenters. The van der Waals surface area contributed by atoms with E-state index in [0.29, 0.717) is 6.04 Å². The molecular formula is C14H21BrClN. The van der Waals surface area contributed by atoms with Crippen molar-refractivity contribution in [1.82, 2.24) is 5.32 Å². The van der Waals surface area contributed by atoms with Crippen LogP contribution in [0.4, 0.5) is 0 Å². The van der Waals surface area contributed by atoms with Gasteiger partial charge in [-0.15, -0.1) is 0 Å². The van der Waals surface area contributed by atoms with E-state index < -0.39 is 0 Å². The molecule has 1 nitrogen and oxygen atoms in total. The first kappa shape index (κ1) is 15.0. The third-order valence-electron chi connectivity index (χ3n) is 2.88. The Kier molecular flexibility index (Phi) is 7.17. The number of hydrogen-bond donors (Lipinski definition) is 1. The largest absolute Gasteiger partial charge is 0.310 e. The zero-order valence-electron chi connectivity index (χ0n) is 10.6. The van der Waals surface area contributed by atoms with Gasteiger partial charge < -0.3 is 5.32 Å². The quantitative estimate of drug-likeness (QED) is 0.670. The third-order valence-corrected chi connectivity index (χ3v) is 3.84. The average Bonchev–Trinajstić information content (AvgIpc) is 2.32. The fourth-order valence-electron chi connectivity index (χ4n) is 1.99. The first-order valence-corrected chi connectivity index (χ1v) is 7.54. The maximum absolute atomic E-state index is 6.07. The highest BCUT2D eigenvalue weighted by Crippen LogP contribution is 2.29. The Hall–Kier alpha value is -0.0500. The molecule has 1 atom stereocenters. The molecule has 0 saturated carbocycles. The summed E-state index contributed by atoms with van der Waals surface area (Å²) in [6, 6.07) is 6.41. The summed E-state index contributed by atoms with van der Waals surface area (Å²) in [7, 11) is 0. The van der Waals surface area contributed by atoms with Crippen molar-refractivity contribution in [2.24, 2.45) is 0 Å². The standard InChI is InChI=1S/C14H21BrClN/c1-3-5-6-7-14(17-4-2)12-10-11(16)8-9-13(12)15/h8-10,14,17H,3-7H2,1-2H3. The van der Waals surface area contributed by atoms with E-state index in [-0.39, 0.29) is 0 Å². The summed E-state index contributed by atoms with van der Waals surface area (Å²) in [6.45, 7) is 5.36. The molecule has 0 amide bonds. The van der Waals surface area contributed by atoms with Crippen molar-refractivity contribution in [3.8, 4) is 0 Å². The predicted octanol–water partition coefficient (Wildman–Crippen LogP) is 5.33. The van der Waals surface area contributed by atoms with Crippen LogP contribution in [0.3, 0.4) is 0 Å². The molecule has 17 heavy (non-hydrogen) atoms. The van der Waals surface area contributed by atoms with Crippen LogP contribution in [0.2, 0.25) is 5.02 Å². The van der Waals surface area contributed by atoms with E-state index in [1.165, 1.54) is 31.2 Å². The normalized spacial score (nSPS) is 12.7. The maximum Gasteiger partial charge on any atom is 0.0410 e. The number of unbranched alkanes of at least 4 members (excludes halogenated alkanes) is 2. The second kappa shape index (κ2) is 8.12. The van der Waals surface area contributed by atoms with Gasteiger partial charge in [-0.05, 0) is 36.7 Å². The molecule has 1 rings (SSSR count). The minimum absolute atomic E-state index is 0.402. The first-order valence-electron chi connectivity index (χ1n) is 6.37. The van der Waals surface area contributed by atoms with Crippen molar-refractivity contribution < 1.29 is 0 Å². The van der Waals surface area contributed by atoms with E-state index in [9.17, 15) is 0 Å². The van der Waals surface area contributed by atoms with Crippen LogP contribution >= 0.6 is 27.5 Å². The van der Waals surface area contributed by atoms with E-state index in [2.05, 4.69) is 41.2 Å². The molecule has 0 aromatic heterocycles. The summed E-state index contributed by atoms with van der Waals surface area (Å²) in [5.74, 6) is 0. The van der Waals surface area contributed by atoms with Crippen LogP contribution in [0.15, 0.2) is 22.7 Å². The number of hydrogen-bond acceptors (Lipinski definition) is 1. The van der Waals surface area contributed by atoms with Crippen LogP contribution in [0.1, 0.15) is 51.1 Å². The van der Waals surface area contributed by atoms with Gasteiger partial charge in [0, 0.05) is 15.5 Å².